The van der Waals surface area contributed by atoms with Gasteiger partial charge in [0.2, 0.25) is 0 Å². The molecule has 2 nitrogen and oxygen atoms in total. The molecule has 2 fully saturated rings. The molecule has 1 aliphatic heterocycles. The highest BCUT2D eigenvalue weighted by Crippen LogP contribution is 2.43. The van der Waals surface area contributed by atoms with Crippen LogP contribution in [0.3, 0.4) is 0 Å². The van der Waals surface area contributed by atoms with E-state index in [9.17, 15) is 0 Å². The summed E-state index contributed by atoms with van der Waals surface area (Å²) in [7, 11) is 0. The fraction of sp³-hybridized carbons (Fsp3) is 0.789. The molecule has 0 spiro atoms. The predicted molar refractivity (Wildman–Crippen MR) is 88.2 cm³/mol. The molecule has 0 radical (unpaired) electrons. The number of nitrogens with zero attached hydrogens (tertiary/aromatic N) is 2. The summed E-state index contributed by atoms with van der Waals surface area (Å²) in [6, 6.07) is 0. The summed E-state index contributed by atoms with van der Waals surface area (Å²) in [5.41, 5.74) is 0. The lowest BCUT2D eigenvalue weighted by molar-refractivity contribution is 0.0997. The standard InChI is InChI=1S/C19H30N2/c1-2-4-16(5-3-1)14-20-8-10-21(11-9-20)15-19-13-17-6-7-18(19)12-17/h1-2,6-7,16-19H,3-5,8-15H2. The summed E-state index contributed by atoms with van der Waals surface area (Å²) in [5.74, 6) is 3.75. The van der Waals surface area contributed by atoms with Crippen molar-refractivity contribution in [1.29, 1.82) is 0 Å². The van der Waals surface area contributed by atoms with E-state index in [2.05, 4.69) is 34.1 Å². The van der Waals surface area contributed by atoms with Crippen molar-refractivity contribution in [2.75, 3.05) is 39.3 Å². The van der Waals surface area contributed by atoms with E-state index in [1.165, 1.54) is 71.4 Å². The molecule has 0 aromatic heterocycles. The largest absolute Gasteiger partial charge is 0.301 e. The van der Waals surface area contributed by atoms with Crippen LogP contribution in [0.1, 0.15) is 32.1 Å². The van der Waals surface area contributed by atoms with Gasteiger partial charge in [-0.05, 0) is 55.8 Å². The van der Waals surface area contributed by atoms with E-state index >= 15 is 0 Å². The first-order valence-electron chi connectivity index (χ1n) is 9.15. The Hall–Kier alpha value is -0.600. The lowest BCUT2D eigenvalue weighted by atomic mass is 9.92. The molecule has 3 aliphatic carbocycles. The van der Waals surface area contributed by atoms with Crippen molar-refractivity contribution >= 4 is 0 Å². The Kier molecular flexibility index (Phi) is 4.18. The van der Waals surface area contributed by atoms with Crippen LogP contribution in [-0.4, -0.2) is 49.1 Å². The van der Waals surface area contributed by atoms with Crippen molar-refractivity contribution in [1.82, 2.24) is 9.80 Å². The van der Waals surface area contributed by atoms with E-state index in [1.807, 2.05) is 0 Å². The van der Waals surface area contributed by atoms with E-state index < -0.39 is 0 Å². The van der Waals surface area contributed by atoms with Gasteiger partial charge < -0.3 is 9.80 Å². The monoisotopic (exact) mass is 286 g/mol. The molecule has 1 saturated carbocycles. The van der Waals surface area contributed by atoms with Gasteiger partial charge >= 0.3 is 0 Å². The van der Waals surface area contributed by atoms with Crippen LogP contribution < -0.4 is 0 Å². The maximum absolute atomic E-state index is 2.75. The number of rotatable bonds is 4. The van der Waals surface area contributed by atoms with Gasteiger partial charge in [0.1, 0.15) is 0 Å². The first kappa shape index (κ1) is 14.0. The van der Waals surface area contributed by atoms with Crippen molar-refractivity contribution in [2.24, 2.45) is 23.7 Å². The molecule has 21 heavy (non-hydrogen) atoms. The summed E-state index contributed by atoms with van der Waals surface area (Å²) in [4.78, 5) is 5.47. The van der Waals surface area contributed by atoms with Crippen LogP contribution in [0.25, 0.3) is 0 Å². The van der Waals surface area contributed by atoms with Crippen molar-refractivity contribution in [3.8, 4) is 0 Å². The van der Waals surface area contributed by atoms with Crippen LogP contribution in [0.4, 0.5) is 0 Å². The Morgan fingerprint density at radius 1 is 0.857 bits per heavy atom. The van der Waals surface area contributed by atoms with Crippen molar-refractivity contribution in [3.05, 3.63) is 24.3 Å². The maximum Gasteiger partial charge on any atom is 0.0110 e. The van der Waals surface area contributed by atoms with E-state index in [0.29, 0.717) is 0 Å². The molecule has 4 unspecified atom stereocenters. The molecule has 116 valence electrons. The SMILES string of the molecule is C1=CCC(CN2CCN(CC3CC4C=CC3C4)CC2)CC1. The van der Waals surface area contributed by atoms with Crippen LogP contribution in [0.15, 0.2) is 24.3 Å². The number of hydrogen-bond donors (Lipinski definition) is 0. The summed E-state index contributed by atoms with van der Waals surface area (Å²) in [6.07, 6.45) is 16.7. The zero-order chi connectivity index (χ0) is 14.1. The predicted octanol–water partition coefficient (Wildman–Crippen LogP) is 3.17. The first-order valence-corrected chi connectivity index (χ1v) is 9.15. The zero-order valence-corrected chi connectivity index (χ0v) is 13.3. The fourth-order valence-corrected chi connectivity index (χ4v) is 4.98. The highest BCUT2D eigenvalue weighted by atomic mass is 15.3. The molecule has 0 aromatic rings. The first-order chi connectivity index (χ1) is 10.4. The van der Waals surface area contributed by atoms with Crippen LogP contribution >= 0.6 is 0 Å². The second kappa shape index (κ2) is 6.26. The van der Waals surface area contributed by atoms with Gasteiger partial charge in [-0.3, -0.25) is 0 Å². The van der Waals surface area contributed by atoms with Gasteiger partial charge in [0.25, 0.3) is 0 Å². The Morgan fingerprint density at radius 3 is 2.29 bits per heavy atom. The van der Waals surface area contributed by atoms with Gasteiger partial charge in [-0.2, -0.15) is 0 Å². The van der Waals surface area contributed by atoms with Gasteiger partial charge in [0.05, 0.1) is 0 Å². The summed E-state index contributed by atoms with van der Waals surface area (Å²) < 4.78 is 0. The number of piperazine rings is 1. The van der Waals surface area contributed by atoms with Gasteiger partial charge in [0.15, 0.2) is 0 Å². The Morgan fingerprint density at radius 2 is 1.67 bits per heavy atom. The van der Waals surface area contributed by atoms with Crippen molar-refractivity contribution in [3.63, 3.8) is 0 Å². The summed E-state index contributed by atoms with van der Waals surface area (Å²) >= 11 is 0. The smallest absolute Gasteiger partial charge is 0.0110 e. The molecule has 2 bridgehead atoms. The minimum atomic E-state index is 0.919. The number of hydrogen-bond acceptors (Lipinski definition) is 2. The van der Waals surface area contributed by atoms with E-state index in [-0.39, 0.29) is 0 Å². The van der Waals surface area contributed by atoms with E-state index in [1.54, 1.807) is 0 Å². The van der Waals surface area contributed by atoms with Gasteiger partial charge in [-0.25, -0.2) is 0 Å². The summed E-state index contributed by atoms with van der Waals surface area (Å²) in [5, 5.41) is 0. The van der Waals surface area contributed by atoms with Crippen LogP contribution in [0, 0.1) is 23.7 Å². The van der Waals surface area contributed by atoms with E-state index in [4.69, 9.17) is 0 Å². The molecule has 0 N–H and O–H groups in total. The second-order valence-electron chi connectivity index (χ2n) is 7.79. The fourth-order valence-electron chi connectivity index (χ4n) is 4.98. The van der Waals surface area contributed by atoms with Crippen molar-refractivity contribution in [2.45, 2.75) is 32.1 Å². The molecule has 0 amide bonds. The van der Waals surface area contributed by atoms with Gasteiger partial charge in [-0.15, -0.1) is 0 Å². The van der Waals surface area contributed by atoms with Gasteiger partial charge in [0, 0.05) is 39.3 Å². The minimum Gasteiger partial charge on any atom is -0.301 e. The van der Waals surface area contributed by atoms with Crippen molar-refractivity contribution < 1.29 is 0 Å². The number of allylic oxidation sites excluding steroid dienone is 4. The molecular weight excluding hydrogens is 256 g/mol. The third-order valence-corrected chi connectivity index (χ3v) is 6.27. The van der Waals surface area contributed by atoms with Crippen LogP contribution in [-0.2, 0) is 0 Å². The lowest BCUT2D eigenvalue weighted by Crippen LogP contribution is -2.49. The number of fused-ring (bicyclic) bond motifs is 2. The highest BCUT2D eigenvalue weighted by Gasteiger charge is 2.36. The molecule has 0 aromatic carbocycles. The molecular formula is C19H30N2. The third-order valence-electron chi connectivity index (χ3n) is 6.27. The highest BCUT2D eigenvalue weighted by molar-refractivity contribution is 5.10. The zero-order valence-electron chi connectivity index (χ0n) is 13.3. The second-order valence-corrected chi connectivity index (χ2v) is 7.79. The Labute approximate surface area is 129 Å². The average molecular weight is 286 g/mol. The molecule has 1 heterocycles. The molecule has 4 aliphatic rings. The summed E-state index contributed by atoms with van der Waals surface area (Å²) in [6.45, 7) is 7.93. The topological polar surface area (TPSA) is 6.48 Å². The quantitative estimate of drug-likeness (QED) is 0.732. The normalized spacial score (nSPS) is 40.2. The minimum absolute atomic E-state index is 0.919. The third kappa shape index (κ3) is 3.27. The van der Waals surface area contributed by atoms with Gasteiger partial charge in [-0.1, -0.05) is 24.3 Å². The maximum atomic E-state index is 2.75. The molecule has 2 heteroatoms. The lowest BCUT2D eigenvalue weighted by Gasteiger charge is -2.38. The van der Waals surface area contributed by atoms with Crippen LogP contribution in [0.2, 0.25) is 0 Å². The average Bonchev–Trinajstić information content (AvgIpc) is 3.13. The van der Waals surface area contributed by atoms with Crippen LogP contribution in [0.5, 0.6) is 0 Å². The van der Waals surface area contributed by atoms with E-state index in [0.717, 1.165) is 23.7 Å². The Bertz CT molecular complexity index is 406. The molecule has 4 rings (SSSR count). The molecule has 4 atom stereocenters. The molecule has 1 saturated heterocycles. The Balaban J connectivity index is 1.20.